The van der Waals surface area contributed by atoms with Gasteiger partial charge in [-0.3, -0.25) is 4.79 Å². The Morgan fingerprint density at radius 3 is 2.79 bits per heavy atom. The van der Waals surface area contributed by atoms with Crippen molar-refractivity contribution < 1.29 is 9.90 Å². The minimum absolute atomic E-state index is 0.0865. The maximum Gasteiger partial charge on any atom is 0.273 e. The Morgan fingerprint density at radius 2 is 2.21 bits per heavy atom. The Labute approximate surface area is 120 Å². The van der Waals surface area contributed by atoms with E-state index >= 15 is 0 Å². The molecule has 0 aromatic carbocycles. The lowest BCUT2D eigenvalue weighted by Crippen LogP contribution is -2.47. The van der Waals surface area contributed by atoms with Crippen LogP contribution in [0.1, 0.15) is 24.3 Å². The molecule has 0 atom stereocenters. The third-order valence-electron chi connectivity index (χ3n) is 3.09. The molecular weight excluding hydrogens is 280 g/mol. The van der Waals surface area contributed by atoms with E-state index in [1.165, 1.54) is 16.2 Å². The van der Waals surface area contributed by atoms with Crippen LogP contribution in [0.15, 0.2) is 22.2 Å². The van der Waals surface area contributed by atoms with Crippen LogP contribution in [-0.2, 0) is 0 Å². The Kier molecular flexibility index (Phi) is 4.03. The van der Waals surface area contributed by atoms with Gasteiger partial charge in [-0.25, -0.2) is 4.98 Å². The van der Waals surface area contributed by atoms with Crippen molar-refractivity contribution in [2.24, 2.45) is 0 Å². The van der Waals surface area contributed by atoms with Gasteiger partial charge in [0, 0.05) is 23.4 Å². The Balaban J connectivity index is 2.21. The van der Waals surface area contributed by atoms with Gasteiger partial charge < -0.3 is 10.0 Å². The van der Waals surface area contributed by atoms with Crippen LogP contribution < -0.4 is 0 Å². The van der Waals surface area contributed by atoms with Crippen molar-refractivity contribution in [1.82, 2.24) is 9.88 Å². The monoisotopic (exact) mass is 296 g/mol. The number of aliphatic hydroxyl groups is 1. The number of rotatable bonds is 4. The zero-order chi connectivity index (χ0) is 14.0. The maximum atomic E-state index is 12.3. The highest BCUT2D eigenvalue weighted by Gasteiger charge is 2.28. The molecule has 2 aromatic heterocycles. The van der Waals surface area contributed by atoms with Crippen molar-refractivity contribution in [2.75, 3.05) is 13.7 Å². The second-order valence-electron chi connectivity index (χ2n) is 4.88. The summed E-state index contributed by atoms with van der Waals surface area (Å²) in [5.74, 6) is -0.170. The van der Waals surface area contributed by atoms with Crippen LogP contribution >= 0.6 is 22.7 Å². The molecule has 0 aliphatic carbocycles. The van der Waals surface area contributed by atoms with Gasteiger partial charge in [-0.2, -0.15) is 11.3 Å². The number of carbonyl (C=O) groups excluding carboxylic acids is 1. The minimum Gasteiger partial charge on any atom is -0.394 e. The molecule has 2 rings (SSSR count). The first-order valence-electron chi connectivity index (χ1n) is 5.83. The SMILES string of the molecule is CN(C(=O)c1csc(-c2ccsc2)n1)C(C)(C)CO. The molecule has 0 fully saturated rings. The molecule has 0 spiro atoms. The molecule has 0 aliphatic heterocycles. The number of thiazole rings is 1. The molecule has 0 unspecified atom stereocenters. The topological polar surface area (TPSA) is 53.4 Å². The van der Waals surface area contributed by atoms with Crippen LogP contribution in [0, 0.1) is 0 Å². The van der Waals surface area contributed by atoms with E-state index in [-0.39, 0.29) is 12.5 Å². The summed E-state index contributed by atoms with van der Waals surface area (Å²) in [6.07, 6.45) is 0. The quantitative estimate of drug-likeness (QED) is 0.944. The molecule has 0 bridgehead atoms. The van der Waals surface area contributed by atoms with Gasteiger partial charge in [-0.15, -0.1) is 11.3 Å². The molecule has 2 heterocycles. The molecule has 102 valence electrons. The summed E-state index contributed by atoms with van der Waals surface area (Å²) in [6, 6.07) is 1.99. The van der Waals surface area contributed by atoms with Crippen molar-refractivity contribution in [3.8, 4) is 10.6 Å². The fraction of sp³-hybridized carbons (Fsp3) is 0.385. The standard InChI is InChI=1S/C13H16N2O2S2/c1-13(2,8-16)15(3)12(17)10-7-19-11(14-10)9-4-5-18-6-9/h4-7,16H,8H2,1-3H3. The van der Waals surface area contributed by atoms with Gasteiger partial charge in [0.05, 0.1) is 12.1 Å². The van der Waals surface area contributed by atoms with E-state index in [9.17, 15) is 9.90 Å². The third-order valence-corrected chi connectivity index (χ3v) is 4.67. The molecule has 0 saturated heterocycles. The largest absolute Gasteiger partial charge is 0.394 e. The number of hydrogen-bond donors (Lipinski definition) is 1. The molecule has 4 nitrogen and oxygen atoms in total. The van der Waals surface area contributed by atoms with Crippen LogP contribution in [0.4, 0.5) is 0 Å². The van der Waals surface area contributed by atoms with E-state index in [4.69, 9.17) is 0 Å². The zero-order valence-electron chi connectivity index (χ0n) is 11.1. The van der Waals surface area contributed by atoms with Gasteiger partial charge in [0.1, 0.15) is 10.7 Å². The van der Waals surface area contributed by atoms with Crippen LogP contribution in [0.25, 0.3) is 10.6 Å². The fourth-order valence-corrected chi connectivity index (χ4v) is 2.95. The third kappa shape index (κ3) is 2.86. The van der Waals surface area contributed by atoms with E-state index in [1.54, 1.807) is 23.8 Å². The van der Waals surface area contributed by atoms with Gasteiger partial charge in [0.2, 0.25) is 0 Å². The predicted molar refractivity (Wildman–Crippen MR) is 78.7 cm³/mol. The molecule has 1 amide bonds. The van der Waals surface area contributed by atoms with E-state index < -0.39 is 5.54 Å². The first-order valence-corrected chi connectivity index (χ1v) is 7.65. The predicted octanol–water partition coefficient (Wildman–Crippen LogP) is 2.71. The number of aliphatic hydroxyl groups excluding tert-OH is 1. The molecule has 2 aromatic rings. The van der Waals surface area contributed by atoms with Crippen LogP contribution in [0.3, 0.4) is 0 Å². The van der Waals surface area contributed by atoms with E-state index in [1.807, 2.05) is 30.7 Å². The Hall–Kier alpha value is -1.24. The molecule has 1 N–H and O–H groups in total. The summed E-state index contributed by atoms with van der Waals surface area (Å²) in [4.78, 5) is 18.2. The van der Waals surface area contributed by atoms with Crippen molar-refractivity contribution in [1.29, 1.82) is 0 Å². The van der Waals surface area contributed by atoms with E-state index in [0.29, 0.717) is 5.69 Å². The van der Waals surface area contributed by atoms with E-state index in [2.05, 4.69) is 4.98 Å². The molecule has 0 radical (unpaired) electrons. The van der Waals surface area contributed by atoms with Crippen molar-refractivity contribution >= 4 is 28.6 Å². The second-order valence-corrected chi connectivity index (χ2v) is 6.52. The average Bonchev–Trinajstić information content (AvgIpc) is 3.06. The maximum absolute atomic E-state index is 12.3. The second kappa shape index (κ2) is 5.40. The number of likely N-dealkylation sites (N-methyl/N-ethyl adjacent to an activating group) is 1. The highest BCUT2D eigenvalue weighted by atomic mass is 32.1. The first kappa shape index (κ1) is 14.2. The summed E-state index contributed by atoms with van der Waals surface area (Å²) in [5.41, 5.74) is 0.872. The zero-order valence-corrected chi connectivity index (χ0v) is 12.7. The normalized spacial score (nSPS) is 11.6. The van der Waals surface area contributed by atoms with Crippen molar-refractivity contribution in [2.45, 2.75) is 19.4 Å². The summed E-state index contributed by atoms with van der Waals surface area (Å²) in [6.45, 7) is 3.55. The number of amides is 1. The van der Waals surface area contributed by atoms with Crippen molar-refractivity contribution in [3.63, 3.8) is 0 Å². The summed E-state index contributed by atoms with van der Waals surface area (Å²) in [7, 11) is 1.68. The number of aromatic nitrogens is 1. The Bertz CT molecular complexity index is 561. The molecular formula is C13H16N2O2S2. The molecule has 6 heteroatoms. The number of nitrogens with zero attached hydrogens (tertiary/aromatic N) is 2. The number of hydrogen-bond acceptors (Lipinski definition) is 5. The minimum atomic E-state index is -0.594. The lowest BCUT2D eigenvalue weighted by molar-refractivity contribution is 0.0468. The summed E-state index contributed by atoms with van der Waals surface area (Å²) < 4.78 is 0. The lowest BCUT2D eigenvalue weighted by Gasteiger charge is -2.33. The lowest BCUT2D eigenvalue weighted by atomic mass is 10.1. The smallest absolute Gasteiger partial charge is 0.273 e. The first-order chi connectivity index (χ1) is 8.95. The van der Waals surface area contributed by atoms with E-state index in [0.717, 1.165) is 10.6 Å². The average molecular weight is 296 g/mol. The van der Waals surface area contributed by atoms with Gasteiger partial charge in [0.15, 0.2) is 0 Å². The van der Waals surface area contributed by atoms with Crippen molar-refractivity contribution in [3.05, 3.63) is 27.9 Å². The van der Waals surface area contributed by atoms with Crippen LogP contribution in [-0.4, -0.2) is 40.1 Å². The molecule has 19 heavy (non-hydrogen) atoms. The fourth-order valence-electron chi connectivity index (χ4n) is 1.44. The van der Waals surface area contributed by atoms with Gasteiger partial charge in [-0.1, -0.05) is 0 Å². The summed E-state index contributed by atoms with van der Waals surface area (Å²) in [5, 5.41) is 15.9. The Morgan fingerprint density at radius 1 is 1.47 bits per heavy atom. The van der Waals surface area contributed by atoms with Gasteiger partial charge >= 0.3 is 0 Å². The van der Waals surface area contributed by atoms with Gasteiger partial charge in [0.25, 0.3) is 5.91 Å². The van der Waals surface area contributed by atoms with Crippen LogP contribution in [0.2, 0.25) is 0 Å². The highest BCUT2D eigenvalue weighted by Crippen LogP contribution is 2.26. The molecule has 0 aliphatic rings. The molecule has 0 saturated carbocycles. The van der Waals surface area contributed by atoms with Gasteiger partial charge in [-0.05, 0) is 25.3 Å². The highest BCUT2D eigenvalue weighted by molar-refractivity contribution is 7.14. The number of thiophene rings is 1. The summed E-state index contributed by atoms with van der Waals surface area (Å²) >= 11 is 3.06. The van der Waals surface area contributed by atoms with Crippen LogP contribution in [0.5, 0.6) is 0 Å². The number of carbonyl (C=O) groups is 1.